The summed E-state index contributed by atoms with van der Waals surface area (Å²) in [5.41, 5.74) is 0. The SMILES string of the molecule is CC(CC(=O)N1CCOCC1)NC[C@H](C)O. The summed E-state index contributed by atoms with van der Waals surface area (Å²) in [4.78, 5) is 13.7. The number of aliphatic hydroxyl groups excluding tert-OH is 1. The van der Waals surface area contributed by atoms with E-state index in [0.717, 1.165) is 0 Å². The van der Waals surface area contributed by atoms with Crippen LogP contribution in [0.1, 0.15) is 20.3 Å². The molecule has 1 fully saturated rings. The van der Waals surface area contributed by atoms with Crippen molar-refractivity contribution < 1.29 is 14.6 Å². The van der Waals surface area contributed by atoms with Crippen molar-refractivity contribution in [3.63, 3.8) is 0 Å². The summed E-state index contributed by atoms with van der Waals surface area (Å²) in [6, 6.07) is 0.102. The maximum atomic E-state index is 11.8. The molecule has 0 spiro atoms. The molecule has 16 heavy (non-hydrogen) atoms. The van der Waals surface area contributed by atoms with Crippen LogP contribution in [0.3, 0.4) is 0 Å². The number of carbonyl (C=O) groups is 1. The minimum absolute atomic E-state index is 0.102. The molecule has 0 bridgehead atoms. The lowest BCUT2D eigenvalue weighted by Crippen LogP contribution is -2.43. The van der Waals surface area contributed by atoms with Crippen LogP contribution in [0.15, 0.2) is 0 Å². The predicted molar refractivity (Wildman–Crippen MR) is 61.2 cm³/mol. The van der Waals surface area contributed by atoms with Crippen molar-refractivity contribution in [2.45, 2.75) is 32.4 Å². The number of aliphatic hydroxyl groups is 1. The summed E-state index contributed by atoms with van der Waals surface area (Å²) in [5.74, 6) is 0.161. The molecule has 1 unspecified atom stereocenters. The Kier molecular flexibility index (Phi) is 5.73. The monoisotopic (exact) mass is 230 g/mol. The summed E-state index contributed by atoms with van der Waals surface area (Å²) in [6.45, 7) is 6.88. The molecule has 2 atom stereocenters. The lowest BCUT2D eigenvalue weighted by atomic mass is 10.2. The van der Waals surface area contributed by atoms with Crippen LogP contribution >= 0.6 is 0 Å². The Morgan fingerprint density at radius 3 is 2.62 bits per heavy atom. The van der Waals surface area contributed by atoms with Gasteiger partial charge in [0.25, 0.3) is 0 Å². The Morgan fingerprint density at radius 1 is 1.44 bits per heavy atom. The number of nitrogens with one attached hydrogen (secondary N) is 1. The molecule has 94 valence electrons. The van der Waals surface area contributed by atoms with Crippen molar-refractivity contribution in [3.8, 4) is 0 Å². The van der Waals surface area contributed by atoms with Crippen molar-refractivity contribution in [1.29, 1.82) is 0 Å². The normalized spacial score (nSPS) is 20.6. The van der Waals surface area contributed by atoms with Gasteiger partial charge in [0.05, 0.1) is 19.3 Å². The van der Waals surface area contributed by atoms with Crippen molar-refractivity contribution in [2.24, 2.45) is 0 Å². The van der Waals surface area contributed by atoms with Gasteiger partial charge in [-0.2, -0.15) is 0 Å². The first-order chi connectivity index (χ1) is 7.59. The van der Waals surface area contributed by atoms with Gasteiger partial charge in [-0.1, -0.05) is 0 Å². The highest BCUT2D eigenvalue weighted by Crippen LogP contribution is 2.02. The second kappa shape index (κ2) is 6.83. The van der Waals surface area contributed by atoms with Gasteiger partial charge in [0.2, 0.25) is 5.91 Å². The third kappa shape index (κ3) is 4.92. The fourth-order valence-electron chi connectivity index (χ4n) is 1.65. The number of nitrogens with zero attached hydrogens (tertiary/aromatic N) is 1. The van der Waals surface area contributed by atoms with E-state index in [9.17, 15) is 4.79 Å². The minimum Gasteiger partial charge on any atom is -0.392 e. The fourth-order valence-corrected chi connectivity index (χ4v) is 1.65. The molecule has 1 heterocycles. The van der Waals surface area contributed by atoms with E-state index < -0.39 is 0 Å². The van der Waals surface area contributed by atoms with Crippen molar-refractivity contribution in [1.82, 2.24) is 10.2 Å². The number of ether oxygens (including phenoxy) is 1. The van der Waals surface area contributed by atoms with E-state index in [4.69, 9.17) is 9.84 Å². The highest BCUT2D eigenvalue weighted by Gasteiger charge is 2.18. The van der Waals surface area contributed by atoms with Gasteiger partial charge >= 0.3 is 0 Å². The molecule has 1 amide bonds. The maximum absolute atomic E-state index is 11.8. The quantitative estimate of drug-likeness (QED) is 0.674. The molecule has 1 rings (SSSR count). The lowest BCUT2D eigenvalue weighted by Gasteiger charge is -2.28. The van der Waals surface area contributed by atoms with E-state index in [1.165, 1.54) is 0 Å². The second-order valence-corrected chi connectivity index (χ2v) is 4.36. The first kappa shape index (κ1) is 13.4. The fraction of sp³-hybridized carbons (Fsp3) is 0.909. The number of hydrogen-bond donors (Lipinski definition) is 2. The molecule has 5 heteroatoms. The standard InChI is InChI=1S/C11H22N2O3/c1-9(12-8-10(2)14)7-11(15)13-3-5-16-6-4-13/h9-10,12,14H,3-8H2,1-2H3/t9?,10-/m0/s1. The number of rotatable bonds is 5. The Bertz CT molecular complexity index is 215. The molecule has 0 aromatic rings. The van der Waals surface area contributed by atoms with Crippen LogP contribution in [0.4, 0.5) is 0 Å². The molecule has 5 nitrogen and oxygen atoms in total. The zero-order chi connectivity index (χ0) is 12.0. The second-order valence-electron chi connectivity index (χ2n) is 4.36. The molecule has 0 saturated carbocycles. The van der Waals surface area contributed by atoms with Crippen LogP contribution < -0.4 is 5.32 Å². The molecule has 1 saturated heterocycles. The van der Waals surface area contributed by atoms with Crippen LogP contribution in [0.25, 0.3) is 0 Å². The molecule has 0 aromatic heterocycles. The molecular formula is C11H22N2O3. The van der Waals surface area contributed by atoms with Gasteiger partial charge in [0.1, 0.15) is 0 Å². The maximum Gasteiger partial charge on any atom is 0.224 e. The Balaban J connectivity index is 2.21. The summed E-state index contributed by atoms with van der Waals surface area (Å²) in [6.07, 6.45) is 0.105. The highest BCUT2D eigenvalue weighted by molar-refractivity contribution is 5.76. The van der Waals surface area contributed by atoms with Gasteiger partial charge in [-0.25, -0.2) is 0 Å². The zero-order valence-electron chi connectivity index (χ0n) is 10.1. The minimum atomic E-state index is -0.374. The van der Waals surface area contributed by atoms with Crippen molar-refractivity contribution in [2.75, 3.05) is 32.8 Å². The third-order valence-corrected chi connectivity index (χ3v) is 2.61. The van der Waals surface area contributed by atoms with Gasteiger partial charge in [-0.05, 0) is 13.8 Å². The van der Waals surface area contributed by atoms with E-state index >= 15 is 0 Å². The number of amides is 1. The number of hydrogen-bond acceptors (Lipinski definition) is 4. The van der Waals surface area contributed by atoms with Crippen LogP contribution in [-0.2, 0) is 9.53 Å². The first-order valence-electron chi connectivity index (χ1n) is 5.86. The van der Waals surface area contributed by atoms with E-state index in [-0.39, 0.29) is 18.1 Å². The number of carbonyl (C=O) groups excluding carboxylic acids is 1. The predicted octanol–water partition coefficient (Wildman–Crippen LogP) is -0.406. The molecule has 0 radical (unpaired) electrons. The summed E-state index contributed by atoms with van der Waals surface area (Å²) in [7, 11) is 0. The van der Waals surface area contributed by atoms with Crippen molar-refractivity contribution in [3.05, 3.63) is 0 Å². The van der Waals surface area contributed by atoms with E-state index in [2.05, 4.69) is 5.32 Å². The van der Waals surface area contributed by atoms with Crippen LogP contribution in [-0.4, -0.2) is 60.9 Å². The van der Waals surface area contributed by atoms with Crippen LogP contribution in [0, 0.1) is 0 Å². The van der Waals surface area contributed by atoms with E-state index in [1.807, 2.05) is 11.8 Å². The average molecular weight is 230 g/mol. The van der Waals surface area contributed by atoms with Gasteiger partial charge < -0.3 is 20.1 Å². The highest BCUT2D eigenvalue weighted by atomic mass is 16.5. The molecule has 1 aliphatic heterocycles. The zero-order valence-corrected chi connectivity index (χ0v) is 10.1. The largest absolute Gasteiger partial charge is 0.392 e. The summed E-state index contributed by atoms with van der Waals surface area (Å²) >= 11 is 0. The molecule has 2 N–H and O–H groups in total. The summed E-state index contributed by atoms with van der Waals surface area (Å²) < 4.78 is 5.19. The van der Waals surface area contributed by atoms with Gasteiger partial charge in [0, 0.05) is 32.1 Å². The smallest absolute Gasteiger partial charge is 0.224 e. The topological polar surface area (TPSA) is 61.8 Å². The van der Waals surface area contributed by atoms with Gasteiger partial charge in [0.15, 0.2) is 0 Å². The van der Waals surface area contributed by atoms with Gasteiger partial charge in [-0.3, -0.25) is 4.79 Å². The molecule has 0 aromatic carbocycles. The van der Waals surface area contributed by atoms with Crippen LogP contribution in [0.5, 0.6) is 0 Å². The number of morpholine rings is 1. The Labute approximate surface area is 96.8 Å². The molecule has 0 aliphatic carbocycles. The Morgan fingerprint density at radius 2 is 2.06 bits per heavy atom. The van der Waals surface area contributed by atoms with E-state index in [1.54, 1.807) is 6.92 Å². The Hall–Kier alpha value is -0.650. The van der Waals surface area contributed by atoms with E-state index in [0.29, 0.717) is 39.3 Å². The van der Waals surface area contributed by atoms with Gasteiger partial charge in [-0.15, -0.1) is 0 Å². The molecular weight excluding hydrogens is 208 g/mol. The van der Waals surface area contributed by atoms with Crippen molar-refractivity contribution >= 4 is 5.91 Å². The van der Waals surface area contributed by atoms with Crippen LogP contribution in [0.2, 0.25) is 0 Å². The average Bonchev–Trinajstić information content (AvgIpc) is 2.27. The third-order valence-electron chi connectivity index (χ3n) is 2.61. The summed E-state index contributed by atoms with van der Waals surface area (Å²) in [5, 5.41) is 12.2. The molecule has 1 aliphatic rings. The first-order valence-corrected chi connectivity index (χ1v) is 5.86. The lowest BCUT2D eigenvalue weighted by molar-refractivity contribution is -0.135.